The summed E-state index contributed by atoms with van der Waals surface area (Å²) in [7, 11) is 0. The molecule has 1 nitrogen and oxygen atoms in total. The van der Waals surface area contributed by atoms with E-state index in [4.69, 9.17) is 23.2 Å². The first-order chi connectivity index (χ1) is 8.70. The van der Waals surface area contributed by atoms with Crippen molar-refractivity contribution in [1.29, 1.82) is 0 Å². The molecular formula is C15H21Cl2N. The zero-order chi connectivity index (χ0) is 13.0. The summed E-state index contributed by atoms with van der Waals surface area (Å²) < 4.78 is 0. The van der Waals surface area contributed by atoms with Gasteiger partial charge in [-0.2, -0.15) is 0 Å². The molecule has 1 atom stereocenters. The van der Waals surface area contributed by atoms with E-state index in [2.05, 4.69) is 18.3 Å². The van der Waals surface area contributed by atoms with Crippen molar-refractivity contribution in [2.45, 2.75) is 45.1 Å². The number of rotatable bonds is 6. The lowest BCUT2D eigenvalue weighted by atomic mass is 9.77. The third-order valence-electron chi connectivity index (χ3n) is 3.82. The van der Waals surface area contributed by atoms with E-state index in [1.165, 1.54) is 31.2 Å². The lowest BCUT2D eigenvalue weighted by molar-refractivity contribution is 0.227. The van der Waals surface area contributed by atoms with Crippen LogP contribution in [0.1, 0.15) is 38.2 Å². The van der Waals surface area contributed by atoms with Gasteiger partial charge in [-0.05, 0) is 55.8 Å². The molecule has 0 radical (unpaired) electrons. The lowest BCUT2D eigenvalue weighted by Gasteiger charge is -2.34. The van der Waals surface area contributed by atoms with Gasteiger partial charge in [-0.15, -0.1) is 0 Å². The third-order valence-corrected chi connectivity index (χ3v) is 4.55. The minimum atomic E-state index is 0.593. The van der Waals surface area contributed by atoms with Gasteiger partial charge in [0.05, 0.1) is 10.0 Å². The summed E-state index contributed by atoms with van der Waals surface area (Å²) in [5, 5.41) is 4.98. The molecule has 1 saturated carbocycles. The second-order valence-electron chi connectivity index (χ2n) is 5.20. The third kappa shape index (κ3) is 3.63. The minimum absolute atomic E-state index is 0.593. The van der Waals surface area contributed by atoms with Crippen LogP contribution in [-0.2, 0) is 6.42 Å². The molecule has 18 heavy (non-hydrogen) atoms. The molecule has 0 spiro atoms. The highest BCUT2D eigenvalue weighted by Gasteiger charge is 2.26. The van der Waals surface area contributed by atoms with E-state index in [9.17, 15) is 0 Å². The summed E-state index contributed by atoms with van der Waals surface area (Å²) in [6, 6.07) is 6.59. The molecule has 0 heterocycles. The fourth-order valence-corrected chi connectivity index (χ4v) is 2.82. The van der Waals surface area contributed by atoms with Gasteiger partial charge in [0.2, 0.25) is 0 Å². The highest BCUT2D eigenvalue weighted by Crippen LogP contribution is 2.32. The van der Waals surface area contributed by atoms with Crippen LogP contribution >= 0.6 is 23.2 Å². The Kier molecular flexibility index (Phi) is 5.35. The standard InChI is InChI=1S/C15H21Cl2N/c1-2-8-18-15(12-4-3-5-12)10-11-6-7-13(16)14(17)9-11/h6-7,9,12,15,18H,2-5,8,10H2,1H3. The van der Waals surface area contributed by atoms with Crippen molar-refractivity contribution in [1.82, 2.24) is 5.32 Å². The highest BCUT2D eigenvalue weighted by molar-refractivity contribution is 6.42. The Morgan fingerprint density at radius 2 is 2.06 bits per heavy atom. The van der Waals surface area contributed by atoms with Gasteiger partial charge in [0.15, 0.2) is 0 Å². The van der Waals surface area contributed by atoms with E-state index in [1.54, 1.807) is 0 Å². The van der Waals surface area contributed by atoms with Crippen molar-refractivity contribution in [2.75, 3.05) is 6.54 Å². The van der Waals surface area contributed by atoms with Crippen LogP contribution in [0, 0.1) is 5.92 Å². The van der Waals surface area contributed by atoms with Crippen molar-refractivity contribution in [2.24, 2.45) is 5.92 Å². The normalized spacial score (nSPS) is 17.5. The van der Waals surface area contributed by atoms with Gasteiger partial charge in [0, 0.05) is 6.04 Å². The predicted molar refractivity (Wildman–Crippen MR) is 79.6 cm³/mol. The average Bonchev–Trinajstić information content (AvgIpc) is 2.28. The number of benzene rings is 1. The molecule has 100 valence electrons. The number of nitrogens with one attached hydrogen (secondary N) is 1. The number of hydrogen-bond donors (Lipinski definition) is 1. The Bertz CT molecular complexity index is 388. The van der Waals surface area contributed by atoms with Gasteiger partial charge < -0.3 is 5.32 Å². The summed E-state index contributed by atoms with van der Waals surface area (Å²) >= 11 is 12.0. The van der Waals surface area contributed by atoms with Crippen LogP contribution < -0.4 is 5.32 Å². The molecule has 0 amide bonds. The maximum absolute atomic E-state index is 6.08. The summed E-state index contributed by atoms with van der Waals surface area (Å²) in [4.78, 5) is 0. The average molecular weight is 286 g/mol. The van der Waals surface area contributed by atoms with Gasteiger partial charge >= 0.3 is 0 Å². The molecule has 0 aromatic heterocycles. The topological polar surface area (TPSA) is 12.0 Å². The molecule has 2 rings (SSSR count). The molecule has 1 aliphatic rings. The molecule has 3 heteroatoms. The number of halogens is 2. The fraction of sp³-hybridized carbons (Fsp3) is 0.600. The van der Waals surface area contributed by atoms with Crippen LogP contribution in [0.5, 0.6) is 0 Å². The van der Waals surface area contributed by atoms with Crippen molar-refractivity contribution < 1.29 is 0 Å². The number of hydrogen-bond acceptors (Lipinski definition) is 1. The summed E-state index contributed by atoms with van der Waals surface area (Å²) in [6.07, 6.45) is 6.36. The monoisotopic (exact) mass is 285 g/mol. The quantitative estimate of drug-likeness (QED) is 0.799. The summed E-state index contributed by atoms with van der Waals surface area (Å²) in [5.74, 6) is 0.839. The first-order valence-electron chi connectivity index (χ1n) is 6.88. The molecule has 0 aliphatic heterocycles. The van der Waals surface area contributed by atoms with Gasteiger partial charge in [0.25, 0.3) is 0 Å². The molecule has 0 bridgehead atoms. The van der Waals surface area contributed by atoms with Gasteiger partial charge in [-0.25, -0.2) is 0 Å². The van der Waals surface area contributed by atoms with Crippen LogP contribution in [-0.4, -0.2) is 12.6 Å². The first kappa shape index (κ1) is 14.2. The van der Waals surface area contributed by atoms with Crippen LogP contribution in [0.25, 0.3) is 0 Å². The van der Waals surface area contributed by atoms with E-state index >= 15 is 0 Å². The van der Waals surface area contributed by atoms with E-state index in [-0.39, 0.29) is 0 Å². The highest BCUT2D eigenvalue weighted by atomic mass is 35.5. The zero-order valence-electron chi connectivity index (χ0n) is 10.9. The molecule has 0 saturated heterocycles. The first-order valence-corrected chi connectivity index (χ1v) is 7.63. The second kappa shape index (κ2) is 6.79. The van der Waals surface area contributed by atoms with Gasteiger partial charge in [0.1, 0.15) is 0 Å². The Morgan fingerprint density at radius 3 is 2.61 bits per heavy atom. The van der Waals surface area contributed by atoms with E-state index in [0.29, 0.717) is 16.1 Å². The molecule has 1 aromatic rings. The molecular weight excluding hydrogens is 265 g/mol. The van der Waals surface area contributed by atoms with Crippen molar-refractivity contribution in [3.05, 3.63) is 33.8 Å². The molecule has 1 aromatic carbocycles. The zero-order valence-corrected chi connectivity index (χ0v) is 12.4. The van der Waals surface area contributed by atoms with Crippen molar-refractivity contribution in [3.63, 3.8) is 0 Å². The van der Waals surface area contributed by atoms with Gasteiger partial charge in [-0.3, -0.25) is 0 Å². The van der Waals surface area contributed by atoms with Crippen LogP contribution in [0.4, 0.5) is 0 Å². The van der Waals surface area contributed by atoms with Crippen LogP contribution in [0.3, 0.4) is 0 Å². The van der Waals surface area contributed by atoms with Crippen LogP contribution in [0.2, 0.25) is 10.0 Å². The smallest absolute Gasteiger partial charge is 0.0595 e. The predicted octanol–water partition coefficient (Wildman–Crippen LogP) is 4.70. The Labute approximate surface area is 120 Å². The van der Waals surface area contributed by atoms with Crippen molar-refractivity contribution >= 4 is 23.2 Å². The molecule has 1 N–H and O–H groups in total. The summed E-state index contributed by atoms with van der Waals surface area (Å²) in [5.41, 5.74) is 1.28. The Balaban J connectivity index is 1.99. The maximum Gasteiger partial charge on any atom is 0.0595 e. The minimum Gasteiger partial charge on any atom is -0.313 e. The van der Waals surface area contributed by atoms with E-state index < -0.39 is 0 Å². The fourth-order valence-electron chi connectivity index (χ4n) is 2.50. The second-order valence-corrected chi connectivity index (χ2v) is 6.02. The van der Waals surface area contributed by atoms with E-state index in [1.807, 2.05) is 12.1 Å². The summed E-state index contributed by atoms with van der Waals surface area (Å²) in [6.45, 7) is 3.31. The maximum atomic E-state index is 6.08. The van der Waals surface area contributed by atoms with Crippen LogP contribution in [0.15, 0.2) is 18.2 Å². The van der Waals surface area contributed by atoms with Crippen molar-refractivity contribution in [3.8, 4) is 0 Å². The van der Waals surface area contributed by atoms with E-state index in [0.717, 1.165) is 18.9 Å². The van der Waals surface area contributed by atoms with Gasteiger partial charge in [-0.1, -0.05) is 42.6 Å². The molecule has 1 unspecified atom stereocenters. The Hall–Kier alpha value is -0.240. The SMILES string of the molecule is CCCNC(Cc1ccc(Cl)c(Cl)c1)C1CCC1. The largest absolute Gasteiger partial charge is 0.313 e. The lowest BCUT2D eigenvalue weighted by Crippen LogP contribution is -2.41. The Morgan fingerprint density at radius 1 is 1.28 bits per heavy atom. The molecule has 1 aliphatic carbocycles. The molecule has 1 fully saturated rings.